The van der Waals surface area contributed by atoms with Crippen LogP contribution in [0.1, 0.15) is 11.1 Å². The standard InChI is InChI=1S/C14H17FN4/c1-19(10-12-4-2-3-5-13(12)15)14-17-8-11(6-7-16)9-18-14/h2-5,8-9H,6-7,10,16H2,1H3. The molecule has 100 valence electrons. The molecule has 1 aromatic carbocycles. The van der Waals surface area contributed by atoms with Crippen molar-refractivity contribution in [1.29, 1.82) is 0 Å². The summed E-state index contributed by atoms with van der Waals surface area (Å²) in [7, 11) is 1.84. The summed E-state index contributed by atoms with van der Waals surface area (Å²) < 4.78 is 13.5. The number of anilines is 1. The maximum Gasteiger partial charge on any atom is 0.225 e. The third-order valence-corrected chi connectivity index (χ3v) is 2.83. The molecule has 4 nitrogen and oxygen atoms in total. The lowest BCUT2D eigenvalue weighted by atomic mass is 10.2. The topological polar surface area (TPSA) is 55.0 Å². The third-order valence-electron chi connectivity index (χ3n) is 2.83. The molecule has 0 radical (unpaired) electrons. The number of nitrogens with two attached hydrogens (primary N) is 1. The molecule has 0 amide bonds. The molecule has 0 aliphatic heterocycles. The zero-order valence-corrected chi connectivity index (χ0v) is 10.9. The Morgan fingerprint density at radius 3 is 2.53 bits per heavy atom. The number of nitrogens with zero attached hydrogens (tertiary/aromatic N) is 3. The van der Waals surface area contributed by atoms with Crippen molar-refractivity contribution < 1.29 is 4.39 Å². The van der Waals surface area contributed by atoms with Gasteiger partial charge < -0.3 is 10.6 Å². The molecule has 0 aliphatic carbocycles. The molecule has 2 aromatic rings. The van der Waals surface area contributed by atoms with Gasteiger partial charge in [-0.05, 0) is 24.6 Å². The van der Waals surface area contributed by atoms with Crippen LogP contribution in [0.5, 0.6) is 0 Å². The van der Waals surface area contributed by atoms with Crippen LogP contribution in [0.2, 0.25) is 0 Å². The van der Waals surface area contributed by atoms with Crippen molar-refractivity contribution in [1.82, 2.24) is 9.97 Å². The second-order valence-electron chi connectivity index (χ2n) is 4.38. The van der Waals surface area contributed by atoms with Crippen LogP contribution in [-0.2, 0) is 13.0 Å². The molecule has 0 aliphatic rings. The molecule has 2 N–H and O–H groups in total. The van der Waals surface area contributed by atoms with Gasteiger partial charge in [0.15, 0.2) is 0 Å². The van der Waals surface area contributed by atoms with Crippen molar-refractivity contribution in [3.05, 3.63) is 53.6 Å². The quantitative estimate of drug-likeness (QED) is 0.890. The highest BCUT2D eigenvalue weighted by atomic mass is 19.1. The summed E-state index contributed by atoms with van der Waals surface area (Å²) >= 11 is 0. The Morgan fingerprint density at radius 2 is 1.89 bits per heavy atom. The first-order valence-electron chi connectivity index (χ1n) is 6.16. The zero-order chi connectivity index (χ0) is 13.7. The lowest BCUT2D eigenvalue weighted by molar-refractivity contribution is 0.607. The molecule has 0 atom stereocenters. The molecule has 0 fully saturated rings. The Kier molecular flexibility index (Phi) is 4.41. The zero-order valence-electron chi connectivity index (χ0n) is 10.9. The van der Waals surface area contributed by atoms with Gasteiger partial charge in [0, 0.05) is 31.5 Å². The summed E-state index contributed by atoms with van der Waals surface area (Å²) in [6.45, 7) is 1.01. The second kappa shape index (κ2) is 6.24. The SMILES string of the molecule is CN(Cc1ccccc1F)c1ncc(CCN)cn1. The fraction of sp³-hybridized carbons (Fsp3) is 0.286. The van der Waals surface area contributed by atoms with Gasteiger partial charge in [-0.15, -0.1) is 0 Å². The van der Waals surface area contributed by atoms with Gasteiger partial charge in [-0.1, -0.05) is 18.2 Å². The normalized spacial score (nSPS) is 10.5. The Labute approximate surface area is 112 Å². The van der Waals surface area contributed by atoms with E-state index in [1.807, 2.05) is 18.0 Å². The highest BCUT2D eigenvalue weighted by Crippen LogP contribution is 2.13. The van der Waals surface area contributed by atoms with E-state index >= 15 is 0 Å². The first-order chi connectivity index (χ1) is 9.20. The number of halogens is 1. The maximum absolute atomic E-state index is 13.5. The molecule has 2 rings (SSSR count). The van der Waals surface area contributed by atoms with E-state index in [1.54, 1.807) is 24.5 Å². The lowest BCUT2D eigenvalue weighted by Crippen LogP contribution is -2.20. The first kappa shape index (κ1) is 13.4. The lowest BCUT2D eigenvalue weighted by Gasteiger charge is -2.17. The predicted molar refractivity (Wildman–Crippen MR) is 73.3 cm³/mol. The molecular formula is C14H17FN4. The molecular weight excluding hydrogens is 243 g/mol. The van der Waals surface area contributed by atoms with Gasteiger partial charge in [-0.25, -0.2) is 14.4 Å². The third kappa shape index (κ3) is 3.48. The number of hydrogen-bond donors (Lipinski definition) is 1. The minimum Gasteiger partial charge on any atom is -0.339 e. The van der Waals surface area contributed by atoms with Crippen LogP contribution in [0, 0.1) is 5.82 Å². The van der Waals surface area contributed by atoms with E-state index in [2.05, 4.69) is 9.97 Å². The highest BCUT2D eigenvalue weighted by Gasteiger charge is 2.08. The van der Waals surface area contributed by atoms with Gasteiger partial charge in [0.2, 0.25) is 5.95 Å². The van der Waals surface area contributed by atoms with Crippen molar-refractivity contribution in [3.8, 4) is 0 Å². The molecule has 0 bridgehead atoms. The van der Waals surface area contributed by atoms with E-state index in [9.17, 15) is 4.39 Å². The van der Waals surface area contributed by atoms with E-state index in [0.29, 0.717) is 24.6 Å². The van der Waals surface area contributed by atoms with E-state index in [0.717, 1.165) is 12.0 Å². The van der Waals surface area contributed by atoms with Crippen molar-refractivity contribution >= 4 is 5.95 Å². The molecule has 0 saturated carbocycles. The van der Waals surface area contributed by atoms with E-state index in [4.69, 9.17) is 5.73 Å². The average molecular weight is 260 g/mol. The fourth-order valence-corrected chi connectivity index (χ4v) is 1.79. The van der Waals surface area contributed by atoms with Crippen molar-refractivity contribution in [2.24, 2.45) is 5.73 Å². The Bertz CT molecular complexity index is 527. The summed E-state index contributed by atoms with van der Waals surface area (Å²) in [6, 6.07) is 6.71. The predicted octanol–water partition coefficient (Wildman–Crippen LogP) is 1.75. The molecule has 1 heterocycles. The van der Waals surface area contributed by atoms with Crippen molar-refractivity contribution in [2.45, 2.75) is 13.0 Å². The average Bonchev–Trinajstić information content (AvgIpc) is 2.42. The van der Waals surface area contributed by atoms with Crippen LogP contribution in [0.15, 0.2) is 36.7 Å². The van der Waals surface area contributed by atoms with Gasteiger partial charge in [0.25, 0.3) is 0 Å². The molecule has 0 unspecified atom stereocenters. The van der Waals surface area contributed by atoms with Crippen LogP contribution >= 0.6 is 0 Å². The number of aromatic nitrogens is 2. The van der Waals surface area contributed by atoms with Crippen LogP contribution in [-0.4, -0.2) is 23.6 Å². The fourth-order valence-electron chi connectivity index (χ4n) is 1.79. The Balaban J connectivity index is 2.07. The number of benzene rings is 1. The summed E-state index contributed by atoms with van der Waals surface area (Å²) in [6.07, 6.45) is 4.28. The summed E-state index contributed by atoms with van der Waals surface area (Å²) in [5.41, 5.74) is 7.10. The van der Waals surface area contributed by atoms with Gasteiger partial charge in [0.1, 0.15) is 5.82 Å². The van der Waals surface area contributed by atoms with Crippen LogP contribution < -0.4 is 10.6 Å². The molecule has 0 spiro atoms. The van der Waals surface area contributed by atoms with Crippen LogP contribution in [0.4, 0.5) is 10.3 Å². The molecule has 0 saturated heterocycles. The number of rotatable bonds is 5. The summed E-state index contributed by atoms with van der Waals surface area (Å²) in [5.74, 6) is 0.359. The van der Waals surface area contributed by atoms with Crippen LogP contribution in [0.25, 0.3) is 0 Å². The Hall–Kier alpha value is -2.01. The van der Waals surface area contributed by atoms with Crippen molar-refractivity contribution in [3.63, 3.8) is 0 Å². The maximum atomic E-state index is 13.5. The van der Waals surface area contributed by atoms with Gasteiger partial charge in [0.05, 0.1) is 0 Å². The number of hydrogen-bond acceptors (Lipinski definition) is 4. The Morgan fingerprint density at radius 1 is 1.21 bits per heavy atom. The smallest absolute Gasteiger partial charge is 0.225 e. The van der Waals surface area contributed by atoms with Crippen molar-refractivity contribution in [2.75, 3.05) is 18.5 Å². The molecule has 19 heavy (non-hydrogen) atoms. The molecule has 5 heteroatoms. The van der Waals surface area contributed by atoms with E-state index in [-0.39, 0.29) is 5.82 Å². The van der Waals surface area contributed by atoms with E-state index in [1.165, 1.54) is 6.07 Å². The minimum absolute atomic E-state index is 0.214. The van der Waals surface area contributed by atoms with Gasteiger partial charge >= 0.3 is 0 Å². The largest absolute Gasteiger partial charge is 0.339 e. The van der Waals surface area contributed by atoms with Gasteiger partial charge in [-0.2, -0.15) is 0 Å². The first-order valence-corrected chi connectivity index (χ1v) is 6.16. The van der Waals surface area contributed by atoms with E-state index < -0.39 is 0 Å². The minimum atomic E-state index is -0.214. The molecule has 1 aromatic heterocycles. The summed E-state index contributed by atoms with van der Waals surface area (Å²) in [4.78, 5) is 10.3. The van der Waals surface area contributed by atoms with Gasteiger partial charge in [-0.3, -0.25) is 0 Å². The summed E-state index contributed by atoms with van der Waals surface area (Å²) in [5, 5.41) is 0. The monoisotopic (exact) mass is 260 g/mol. The highest BCUT2D eigenvalue weighted by molar-refractivity contribution is 5.31. The second-order valence-corrected chi connectivity index (χ2v) is 4.38. The van der Waals surface area contributed by atoms with Crippen LogP contribution in [0.3, 0.4) is 0 Å².